The quantitative estimate of drug-likeness (QED) is 0.133. The Morgan fingerprint density at radius 1 is 0.476 bits per heavy atom. The average molecular weight is 555 g/mol. The summed E-state index contributed by atoms with van der Waals surface area (Å²) >= 11 is 0. The predicted octanol–water partition coefficient (Wildman–Crippen LogP) is 10.5. The van der Waals surface area contributed by atoms with Gasteiger partial charge >= 0.3 is 0 Å². The number of unbranched alkanes of at least 4 members (excludes halogenated alkanes) is 6. The molecule has 0 atom stereocenters. The lowest BCUT2D eigenvalue weighted by Gasteiger charge is -2.09. The van der Waals surface area contributed by atoms with Crippen LogP contribution in [0.2, 0.25) is 0 Å². The van der Waals surface area contributed by atoms with Crippen molar-refractivity contribution in [2.75, 3.05) is 0 Å². The summed E-state index contributed by atoms with van der Waals surface area (Å²) < 4.78 is 4.78. The smallest absolute Gasteiger partial charge is 0.0892 e. The second-order valence-corrected chi connectivity index (χ2v) is 11.5. The normalized spacial score (nSPS) is 11.6. The van der Waals surface area contributed by atoms with E-state index in [-0.39, 0.29) is 0 Å². The van der Waals surface area contributed by atoms with E-state index in [1.807, 2.05) is 12.4 Å². The molecule has 0 fully saturated rings. The van der Waals surface area contributed by atoms with E-state index >= 15 is 0 Å². The van der Waals surface area contributed by atoms with Gasteiger partial charge in [0.1, 0.15) is 0 Å². The summed E-state index contributed by atoms with van der Waals surface area (Å²) in [5.41, 5.74) is 9.12. The molecule has 4 heterocycles. The molecular formula is C38H42N4. The second-order valence-electron chi connectivity index (χ2n) is 11.5. The van der Waals surface area contributed by atoms with E-state index in [1.54, 1.807) is 0 Å². The van der Waals surface area contributed by atoms with Crippen LogP contribution in [0.5, 0.6) is 0 Å². The summed E-state index contributed by atoms with van der Waals surface area (Å²) in [6, 6.07) is 26.6. The van der Waals surface area contributed by atoms with E-state index in [0.717, 1.165) is 35.6 Å². The number of aromatic nitrogens is 4. The van der Waals surface area contributed by atoms with Crippen molar-refractivity contribution < 1.29 is 0 Å². The third kappa shape index (κ3) is 6.18. The van der Waals surface area contributed by atoms with Crippen LogP contribution in [0.1, 0.15) is 65.2 Å². The molecule has 0 spiro atoms. The largest absolute Gasteiger partial charge is 0.347 e. The summed E-state index contributed by atoms with van der Waals surface area (Å²) in [5, 5.41) is 2.57. The van der Waals surface area contributed by atoms with Gasteiger partial charge in [-0.1, -0.05) is 64.5 Å². The van der Waals surface area contributed by atoms with E-state index in [9.17, 15) is 0 Å². The second kappa shape index (κ2) is 13.2. The topological polar surface area (TPSA) is 35.6 Å². The zero-order chi connectivity index (χ0) is 28.7. The zero-order valence-electron chi connectivity index (χ0n) is 25.1. The molecular weight excluding hydrogens is 512 g/mol. The molecule has 42 heavy (non-hydrogen) atoms. The van der Waals surface area contributed by atoms with Gasteiger partial charge in [0, 0.05) is 59.7 Å². The van der Waals surface area contributed by atoms with Gasteiger partial charge in [-0.25, -0.2) is 0 Å². The number of rotatable bonds is 13. The van der Waals surface area contributed by atoms with Crippen LogP contribution in [-0.2, 0) is 13.1 Å². The standard InChI is InChI=1S/C38H42N4/c1-3-5-7-9-21-41-23-17-33-25-29(11-13-37(33)41)31-15-19-39-35(27-31)36-28-32(16-20-40-36)30-12-14-38-34(26-30)18-24-42(38)22-10-8-6-4-2/h11-20,23-28H,3-10,21-22H2,1-2H3. The van der Waals surface area contributed by atoms with Crippen LogP contribution in [0.4, 0.5) is 0 Å². The molecule has 0 N–H and O–H groups in total. The first-order valence-electron chi connectivity index (χ1n) is 15.8. The molecule has 0 aliphatic rings. The first kappa shape index (κ1) is 28.0. The number of aryl methyl sites for hydroxylation is 2. The minimum absolute atomic E-state index is 0.891. The van der Waals surface area contributed by atoms with Crippen LogP contribution >= 0.6 is 0 Å². The molecule has 0 amide bonds. The summed E-state index contributed by atoms with van der Waals surface area (Å²) in [6.07, 6.45) is 18.5. The fourth-order valence-electron chi connectivity index (χ4n) is 6.07. The lowest BCUT2D eigenvalue weighted by Crippen LogP contribution is -1.96. The van der Waals surface area contributed by atoms with Crippen molar-refractivity contribution in [1.29, 1.82) is 0 Å². The van der Waals surface area contributed by atoms with Crippen molar-refractivity contribution in [3.8, 4) is 33.6 Å². The van der Waals surface area contributed by atoms with E-state index in [0.29, 0.717) is 0 Å². The summed E-state index contributed by atoms with van der Waals surface area (Å²) in [4.78, 5) is 9.42. The van der Waals surface area contributed by atoms with Gasteiger partial charge in [0.2, 0.25) is 0 Å². The SMILES string of the molecule is CCCCCCn1ccc2cc(-c3ccnc(-c4cc(-c5ccc6c(ccn6CCCCCC)c5)ccn4)c3)ccc21. The average Bonchev–Trinajstić information content (AvgIpc) is 3.64. The molecule has 4 aromatic heterocycles. The van der Waals surface area contributed by atoms with Crippen LogP contribution < -0.4 is 0 Å². The van der Waals surface area contributed by atoms with Gasteiger partial charge in [-0.05, 0) is 95.8 Å². The van der Waals surface area contributed by atoms with Crippen molar-refractivity contribution in [3.05, 3.63) is 97.6 Å². The van der Waals surface area contributed by atoms with Crippen molar-refractivity contribution in [2.24, 2.45) is 0 Å². The van der Waals surface area contributed by atoms with E-state index in [1.165, 1.54) is 84.3 Å². The molecule has 0 aliphatic carbocycles. The highest BCUT2D eigenvalue weighted by molar-refractivity contribution is 5.87. The van der Waals surface area contributed by atoms with Crippen molar-refractivity contribution in [3.63, 3.8) is 0 Å². The minimum Gasteiger partial charge on any atom is -0.347 e. The maximum atomic E-state index is 4.71. The Morgan fingerprint density at radius 2 is 0.929 bits per heavy atom. The number of hydrogen-bond donors (Lipinski definition) is 0. The maximum Gasteiger partial charge on any atom is 0.0892 e. The molecule has 0 saturated carbocycles. The fourth-order valence-corrected chi connectivity index (χ4v) is 6.07. The predicted molar refractivity (Wildman–Crippen MR) is 178 cm³/mol. The van der Waals surface area contributed by atoms with Gasteiger partial charge < -0.3 is 9.13 Å². The number of hydrogen-bond acceptors (Lipinski definition) is 2. The van der Waals surface area contributed by atoms with Crippen LogP contribution in [-0.4, -0.2) is 19.1 Å². The van der Waals surface area contributed by atoms with E-state index < -0.39 is 0 Å². The fraction of sp³-hybridized carbons (Fsp3) is 0.316. The molecule has 6 aromatic rings. The van der Waals surface area contributed by atoms with Crippen molar-refractivity contribution in [2.45, 2.75) is 78.3 Å². The molecule has 0 saturated heterocycles. The van der Waals surface area contributed by atoms with Gasteiger partial charge in [-0.3, -0.25) is 9.97 Å². The highest BCUT2D eigenvalue weighted by atomic mass is 15.0. The van der Waals surface area contributed by atoms with Crippen molar-refractivity contribution >= 4 is 21.8 Å². The Labute approximate surface area is 250 Å². The van der Waals surface area contributed by atoms with Gasteiger partial charge in [0.15, 0.2) is 0 Å². The highest BCUT2D eigenvalue weighted by Gasteiger charge is 2.10. The number of pyridine rings is 2. The first-order valence-corrected chi connectivity index (χ1v) is 15.8. The lowest BCUT2D eigenvalue weighted by atomic mass is 10.0. The Kier molecular flexibility index (Phi) is 8.79. The summed E-state index contributed by atoms with van der Waals surface area (Å²) in [6.45, 7) is 6.70. The third-order valence-corrected chi connectivity index (χ3v) is 8.50. The van der Waals surface area contributed by atoms with E-state index in [4.69, 9.17) is 9.97 Å². The van der Waals surface area contributed by atoms with Gasteiger partial charge in [0.25, 0.3) is 0 Å². The van der Waals surface area contributed by atoms with Gasteiger partial charge in [0.05, 0.1) is 11.4 Å². The third-order valence-electron chi connectivity index (χ3n) is 8.50. The molecule has 4 nitrogen and oxygen atoms in total. The zero-order valence-corrected chi connectivity index (χ0v) is 25.1. The molecule has 0 aliphatic heterocycles. The lowest BCUT2D eigenvalue weighted by molar-refractivity contribution is 0.593. The molecule has 2 aromatic carbocycles. The molecule has 6 rings (SSSR count). The minimum atomic E-state index is 0.891. The van der Waals surface area contributed by atoms with Crippen LogP contribution in [0.3, 0.4) is 0 Å². The molecule has 214 valence electrons. The number of benzene rings is 2. The first-order chi connectivity index (χ1) is 20.7. The van der Waals surface area contributed by atoms with Crippen LogP contribution in [0, 0.1) is 0 Å². The van der Waals surface area contributed by atoms with Gasteiger partial charge in [-0.15, -0.1) is 0 Å². The molecule has 0 bridgehead atoms. The Morgan fingerprint density at radius 3 is 1.38 bits per heavy atom. The Balaban J connectivity index is 1.21. The number of nitrogens with zero attached hydrogens (tertiary/aromatic N) is 4. The monoisotopic (exact) mass is 554 g/mol. The Hall–Kier alpha value is -4.18. The van der Waals surface area contributed by atoms with Crippen LogP contribution in [0.15, 0.2) is 97.6 Å². The maximum absolute atomic E-state index is 4.71. The Bertz CT molecular complexity index is 1640. The van der Waals surface area contributed by atoms with Crippen molar-refractivity contribution in [1.82, 2.24) is 19.1 Å². The molecule has 4 heteroatoms. The number of fused-ring (bicyclic) bond motifs is 2. The summed E-state index contributed by atoms with van der Waals surface area (Å²) in [7, 11) is 0. The summed E-state index contributed by atoms with van der Waals surface area (Å²) in [5.74, 6) is 0. The molecule has 0 radical (unpaired) electrons. The highest BCUT2D eigenvalue weighted by Crippen LogP contribution is 2.30. The van der Waals surface area contributed by atoms with Gasteiger partial charge in [-0.2, -0.15) is 0 Å². The van der Waals surface area contributed by atoms with E-state index in [2.05, 4.69) is 108 Å². The van der Waals surface area contributed by atoms with Crippen LogP contribution in [0.25, 0.3) is 55.4 Å². The molecule has 0 unspecified atom stereocenters.